The summed E-state index contributed by atoms with van der Waals surface area (Å²) < 4.78 is 0. The number of nitrogens with one attached hydrogen (secondary N) is 1. The van der Waals surface area contributed by atoms with E-state index in [9.17, 15) is 14.4 Å². The molecule has 0 saturated carbocycles. The highest BCUT2D eigenvalue weighted by Crippen LogP contribution is 2.25. The van der Waals surface area contributed by atoms with Crippen LogP contribution in [0.15, 0.2) is 66.0 Å². The molecule has 3 amide bonds. The van der Waals surface area contributed by atoms with E-state index < -0.39 is 0 Å². The zero-order chi connectivity index (χ0) is 20.9. The van der Waals surface area contributed by atoms with Gasteiger partial charge < -0.3 is 5.32 Å². The maximum absolute atomic E-state index is 12.8. The molecule has 0 saturated heterocycles. The van der Waals surface area contributed by atoms with Crippen LogP contribution in [0.5, 0.6) is 0 Å². The number of hydrogen-bond acceptors (Lipinski definition) is 5. The standard InChI is InChI=1S/C23H20N2O3S2/c26-21(24-10-12-29-15-18-7-4-11-30-18)17-8-9-19-20(13-17)23(28)25(22(19)27)14-16-5-2-1-3-6-16/h1-9,11,13H,10,12,14-15H2,(H,24,26). The number of hydrogen-bond donors (Lipinski definition) is 1. The molecule has 1 aromatic heterocycles. The molecule has 7 heteroatoms. The number of imide groups is 1. The lowest BCUT2D eigenvalue weighted by molar-refractivity contribution is 0.0642. The summed E-state index contributed by atoms with van der Waals surface area (Å²) in [6.45, 7) is 0.759. The van der Waals surface area contributed by atoms with Gasteiger partial charge in [0, 0.05) is 28.5 Å². The molecule has 4 rings (SSSR count). The third-order valence-corrected chi connectivity index (χ3v) is 6.84. The summed E-state index contributed by atoms with van der Waals surface area (Å²) >= 11 is 3.49. The van der Waals surface area contributed by atoms with Crippen LogP contribution < -0.4 is 5.32 Å². The molecule has 0 atom stereocenters. The highest BCUT2D eigenvalue weighted by atomic mass is 32.2. The number of nitrogens with zero attached hydrogens (tertiary/aromatic N) is 1. The van der Waals surface area contributed by atoms with E-state index in [1.807, 2.05) is 36.4 Å². The fourth-order valence-corrected chi connectivity index (χ4v) is 4.95. The number of benzene rings is 2. The first kappa shape index (κ1) is 20.4. The van der Waals surface area contributed by atoms with E-state index in [0.29, 0.717) is 17.7 Å². The van der Waals surface area contributed by atoms with E-state index in [1.165, 1.54) is 15.8 Å². The first-order valence-electron chi connectivity index (χ1n) is 9.56. The van der Waals surface area contributed by atoms with Crippen LogP contribution in [-0.2, 0) is 12.3 Å². The highest BCUT2D eigenvalue weighted by molar-refractivity contribution is 7.98. The number of fused-ring (bicyclic) bond motifs is 1. The molecule has 3 aromatic rings. The third-order valence-electron chi connectivity index (χ3n) is 4.77. The lowest BCUT2D eigenvalue weighted by Crippen LogP contribution is -2.29. The normalized spacial score (nSPS) is 12.9. The molecular weight excluding hydrogens is 416 g/mol. The average Bonchev–Trinajstić information content (AvgIpc) is 3.37. The summed E-state index contributed by atoms with van der Waals surface area (Å²) in [5.74, 6) is 0.809. The Bertz CT molecular complexity index is 1070. The number of carbonyl (C=O) groups excluding carboxylic acids is 3. The van der Waals surface area contributed by atoms with Gasteiger partial charge in [-0.3, -0.25) is 19.3 Å². The zero-order valence-electron chi connectivity index (χ0n) is 16.2. The molecule has 152 valence electrons. The predicted octanol–water partition coefficient (Wildman–Crippen LogP) is 4.21. The molecule has 1 aliphatic heterocycles. The largest absolute Gasteiger partial charge is 0.351 e. The van der Waals surface area contributed by atoms with Gasteiger partial charge in [-0.25, -0.2) is 0 Å². The molecule has 0 aliphatic carbocycles. The van der Waals surface area contributed by atoms with Crippen molar-refractivity contribution < 1.29 is 14.4 Å². The Balaban J connectivity index is 1.35. The minimum absolute atomic E-state index is 0.218. The molecule has 5 nitrogen and oxygen atoms in total. The van der Waals surface area contributed by atoms with Crippen LogP contribution >= 0.6 is 23.1 Å². The fourth-order valence-electron chi connectivity index (χ4n) is 3.25. The van der Waals surface area contributed by atoms with E-state index in [4.69, 9.17) is 0 Å². The number of thiophene rings is 1. The molecule has 1 aliphatic rings. The van der Waals surface area contributed by atoms with E-state index >= 15 is 0 Å². The van der Waals surface area contributed by atoms with Crippen molar-refractivity contribution in [2.45, 2.75) is 12.3 Å². The number of amides is 3. The second-order valence-electron chi connectivity index (χ2n) is 6.83. The first-order chi connectivity index (χ1) is 14.6. The van der Waals surface area contributed by atoms with Crippen molar-refractivity contribution in [3.63, 3.8) is 0 Å². The molecule has 30 heavy (non-hydrogen) atoms. The second kappa shape index (κ2) is 9.28. The van der Waals surface area contributed by atoms with Gasteiger partial charge in [-0.05, 0) is 35.2 Å². The SMILES string of the molecule is O=C(NCCSCc1cccs1)c1ccc2c(c1)C(=O)N(Cc1ccccc1)C2=O. The topological polar surface area (TPSA) is 66.5 Å². The van der Waals surface area contributed by atoms with Gasteiger partial charge in [0.1, 0.15) is 0 Å². The number of carbonyl (C=O) groups is 3. The summed E-state index contributed by atoms with van der Waals surface area (Å²) in [5, 5.41) is 4.94. The van der Waals surface area contributed by atoms with Gasteiger partial charge in [0.15, 0.2) is 0 Å². The maximum atomic E-state index is 12.8. The van der Waals surface area contributed by atoms with Gasteiger partial charge in [-0.1, -0.05) is 36.4 Å². The Morgan fingerprint density at radius 3 is 2.53 bits per heavy atom. The monoisotopic (exact) mass is 436 g/mol. The van der Waals surface area contributed by atoms with Crippen molar-refractivity contribution in [1.82, 2.24) is 10.2 Å². The van der Waals surface area contributed by atoms with Crippen LogP contribution in [0.4, 0.5) is 0 Å². The molecule has 0 fully saturated rings. The highest BCUT2D eigenvalue weighted by Gasteiger charge is 2.35. The van der Waals surface area contributed by atoms with Crippen LogP contribution in [0.2, 0.25) is 0 Å². The lowest BCUT2D eigenvalue weighted by Gasteiger charge is -2.13. The van der Waals surface area contributed by atoms with Gasteiger partial charge in [0.25, 0.3) is 17.7 Å². The molecule has 0 unspecified atom stereocenters. The summed E-state index contributed by atoms with van der Waals surface area (Å²) in [6.07, 6.45) is 0. The summed E-state index contributed by atoms with van der Waals surface area (Å²) in [4.78, 5) is 40.4. The Morgan fingerprint density at radius 2 is 1.77 bits per heavy atom. The van der Waals surface area contributed by atoms with E-state index in [1.54, 1.807) is 35.2 Å². The third kappa shape index (κ3) is 4.47. The first-order valence-corrected chi connectivity index (χ1v) is 11.6. The molecule has 0 bridgehead atoms. The van der Waals surface area contributed by atoms with Crippen LogP contribution in [-0.4, -0.2) is 34.9 Å². The Kier molecular flexibility index (Phi) is 6.30. The average molecular weight is 437 g/mol. The van der Waals surface area contributed by atoms with Gasteiger partial charge in [0.05, 0.1) is 17.7 Å². The van der Waals surface area contributed by atoms with Gasteiger partial charge in [0.2, 0.25) is 0 Å². The lowest BCUT2D eigenvalue weighted by atomic mass is 10.1. The van der Waals surface area contributed by atoms with Crippen LogP contribution in [0, 0.1) is 0 Å². The summed E-state index contributed by atoms with van der Waals surface area (Å²) in [5.41, 5.74) is 1.90. The smallest absolute Gasteiger partial charge is 0.261 e. The van der Waals surface area contributed by atoms with Gasteiger partial charge >= 0.3 is 0 Å². The Hall–Kier alpha value is -2.90. The quantitative estimate of drug-likeness (QED) is 0.424. The van der Waals surface area contributed by atoms with Gasteiger partial charge in [-0.2, -0.15) is 11.8 Å². The van der Waals surface area contributed by atoms with Crippen molar-refractivity contribution in [3.8, 4) is 0 Å². The van der Waals surface area contributed by atoms with Crippen LogP contribution in [0.3, 0.4) is 0 Å². The second-order valence-corrected chi connectivity index (χ2v) is 8.97. The van der Waals surface area contributed by atoms with Gasteiger partial charge in [-0.15, -0.1) is 11.3 Å². The predicted molar refractivity (Wildman–Crippen MR) is 120 cm³/mol. The van der Waals surface area contributed by atoms with Crippen LogP contribution in [0.25, 0.3) is 0 Å². The fraction of sp³-hybridized carbons (Fsp3) is 0.174. The number of thioether (sulfide) groups is 1. The van der Waals surface area contributed by atoms with Crippen molar-refractivity contribution in [2.24, 2.45) is 0 Å². The van der Waals surface area contributed by atoms with Crippen molar-refractivity contribution in [1.29, 1.82) is 0 Å². The molecular formula is C23H20N2O3S2. The molecule has 0 spiro atoms. The minimum Gasteiger partial charge on any atom is -0.351 e. The van der Waals surface area contributed by atoms with Crippen molar-refractivity contribution >= 4 is 40.8 Å². The Morgan fingerprint density at radius 1 is 0.967 bits per heavy atom. The van der Waals surface area contributed by atoms with E-state index in [-0.39, 0.29) is 29.8 Å². The zero-order valence-corrected chi connectivity index (χ0v) is 17.8. The summed E-state index contributed by atoms with van der Waals surface area (Å²) in [7, 11) is 0. The summed E-state index contributed by atoms with van der Waals surface area (Å²) in [6, 6.07) is 18.2. The van der Waals surface area contributed by atoms with Crippen LogP contribution in [0.1, 0.15) is 41.5 Å². The molecule has 2 heterocycles. The van der Waals surface area contributed by atoms with Crippen molar-refractivity contribution in [2.75, 3.05) is 12.3 Å². The molecule has 0 radical (unpaired) electrons. The van der Waals surface area contributed by atoms with Crippen molar-refractivity contribution in [3.05, 3.63) is 93.2 Å². The Labute approximate surface area is 183 Å². The molecule has 2 aromatic carbocycles. The maximum Gasteiger partial charge on any atom is 0.261 e. The number of rotatable bonds is 8. The minimum atomic E-state index is -0.361. The van der Waals surface area contributed by atoms with E-state index in [2.05, 4.69) is 16.8 Å². The molecule has 1 N–H and O–H groups in total. The van der Waals surface area contributed by atoms with E-state index in [0.717, 1.165) is 17.1 Å².